The van der Waals surface area contributed by atoms with Crippen LogP contribution in [0.15, 0.2) is 103 Å². The highest BCUT2D eigenvalue weighted by Gasteiger charge is 2.18. The third-order valence-electron chi connectivity index (χ3n) is 9.80. The van der Waals surface area contributed by atoms with Gasteiger partial charge in [0.05, 0.1) is 22.4 Å². The third-order valence-corrected chi connectivity index (χ3v) is 9.80. The number of benzene rings is 4. The summed E-state index contributed by atoms with van der Waals surface area (Å²) in [5.41, 5.74) is 11.6. The number of nitrogens with zero attached hydrogens (tertiary/aromatic N) is 4. The smallest absolute Gasteiger partial charge is 0.137 e. The Labute approximate surface area is 296 Å². The van der Waals surface area contributed by atoms with Gasteiger partial charge in [0.15, 0.2) is 0 Å². The number of hydrogen-bond acceptors (Lipinski definition) is 3. The van der Waals surface area contributed by atoms with Crippen LogP contribution < -0.4 is 4.74 Å². The molecule has 0 amide bonds. The number of hydrogen-bond donors (Lipinski definition) is 0. The number of fused-ring (bicyclic) bond motifs is 3. The number of unbranched alkanes of at least 4 members (excludes halogenated alkanes) is 2. The van der Waals surface area contributed by atoms with Crippen molar-refractivity contribution in [1.29, 1.82) is 0 Å². The molecule has 7 aromatic rings. The van der Waals surface area contributed by atoms with Crippen molar-refractivity contribution in [2.45, 2.75) is 80.1 Å². The van der Waals surface area contributed by atoms with Gasteiger partial charge in [0, 0.05) is 40.4 Å². The second-order valence-corrected chi connectivity index (χ2v) is 14.2. The predicted octanol–water partition coefficient (Wildman–Crippen LogP) is 12.1. The van der Waals surface area contributed by atoms with Gasteiger partial charge in [-0.15, -0.1) is 0 Å². The van der Waals surface area contributed by atoms with Crippen LogP contribution in [0.25, 0.3) is 44.4 Å². The molecule has 0 spiro atoms. The van der Waals surface area contributed by atoms with Gasteiger partial charge < -0.3 is 4.74 Å². The van der Waals surface area contributed by atoms with E-state index in [1.807, 2.05) is 12.3 Å². The summed E-state index contributed by atoms with van der Waals surface area (Å²) in [6.07, 6.45) is 8.66. The van der Waals surface area contributed by atoms with Crippen molar-refractivity contribution >= 4 is 21.8 Å². The molecule has 5 heteroatoms. The van der Waals surface area contributed by atoms with Gasteiger partial charge in [-0.1, -0.05) is 70.0 Å². The zero-order chi connectivity index (χ0) is 34.8. The lowest BCUT2D eigenvalue weighted by Crippen LogP contribution is -2.02. The fourth-order valence-electron chi connectivity index (χ4n) is 7.21. The van der Waals surface area contributed by atoms with Gasteiger partial charge in [0.2, 0.25) is 0 Å². The predicted molar refractivity (Wildman–Crippen MR) is 208 cm³/mol. The Morgan fingerprint density at radius 1 is 0.720 bits per heavy atom. The Kier molecular flexibility index (Phi) is 9.58. The molecule has 4 aromatic carbocycles. The molecule has 5 nitrogen and oxygen atoms in total. The molecule has 254 valence electrons. The lowest BCUT2D eigenvalue weighted by molar-refractivity contribution is 0.482. The molecule has 0 aliphatic heterocycles. The fourth-order valence-corrected chi connectivity index (χ4v) is 7.21. The van der Waals surface area contributed by atoms with Crippen molar-refractivity contribution in [2.24, 2.45) is 5.92 Å². The third kappa shape index (κ3) is 6.82. The number of ether oxygens (including phenoxy) is 1. The molecule has 0 fully saturated rings. The van der Waals surface area contributed by atoms with Gasteiger partial charge in [-0.3, -0.25) is 4.57 Å². The molecular weight excluding hydrogens is 613 g/mol. The summed E-state index contributed by atoms with van der Waals surface area (Å²) >= 11 is 0. The molecule has 0 N–H and O–H groups in total. The van der Waals surface area contributed by atoms with E-state index in [4.69, 9.17) is 14.8 Å². The lowest BCUT2D eigenvalue weighted by Gasteiger charge is -2.13. The van der Waals surface area contributed by atoms with E-state index in [1.54, 1.807) is 0 Å². The quantitative estimate of drug-likeness (QED) is 0.123. The van der Waals surface area contributed by atoms with Crippen molar-refractivity contribution in [3.8, 4) is 34.1 Å². The Morgan fingerprint density at radius 2 is 1.56 bits per heavy atom. The van der Waals surface area contributed by atoms with Crippen LogP contribution in [0, 0.1) is 26.7 Å². The average Bonchev–Trinajstić information content (AvgIpc) is 3.59. The molecule has 0 saturated carbocycles. The fraction of sp³-hybridized carbons (Fsp3) is 0.289. The molecule has 0 saturated heterocycles. The molecule has 0 unspecified atom stereocenters. The maximum Gasteiger partial charge on any atom is 0.137 e. The minimum atomic E-state index is 0.668. The van der Waals surface area contributed by atoms with Crippen LogP contribution in [-0.2, 0) is 12.8 Å². The Balaban J connectivity index is 1.32. The summed E-state index contributed by atoms with van der Waals surface area (Å²) < 4.78 is 11.1. The topological polar surface area (TPSA) is 44.9 Å². The largest absolute Gasteiger partial charge is 0.457 e. The maximum atomic E-state index is 6.78. The molecule has 0 bridgehead atoms. The molecule has 7 rings (SSSR count). The normalized spacial score (nSPS) is 11.7. The number of rotatable bonds is 12. The summed E-state index contributed by atoms with van der Waals surface area (Å²) in [7, 11) is 0. The van der Waals surface area contributed by atoms with E-state index in [2.05, 4.69) is 142 Å². The van der Waals surface area contributed by atoms with Crippen LogP contribution in [0.3, 0.4) is 0 Å². The highest BCUT2D eigenvalue weighted by atomic mass is 16.5. The Hall–Kier alpha value is -5.16. The monoisotopic (exact) mass is 660 g/mol. The van der Waals surface area contributed by atoms with Crippen molar-refractivity contribution in [3.63, 3.8) is 0 Å². The molecule has 0 radical (unpaired) electrons. The van der Waals surface area contributed by atoms with Gasteiger partial charge in [-0.25, -0.2) is 9.67 Å². The van der Waals surface area contributed by atoms with E-state index < -0.39 is 0 Å². The minimum Gasteiger partial charge on any atom is -0.457 e. The lowest BCUT2D eigenvalue weighted by atomic mass is 10.0. The zero-order valence-electron chi connectivity index (χ0n) is 30.3. The van der Waals surface area contributed by atoms with Crippen molar-refractivity contribution in [1.82, 2.24) is 19.3 Å². The first-order valence-corrected chi connectivity index (χ1v) is 18.2. The SMILES string of the molecule is CCCCCc1cc(Oc2ccc3c4cc(CCC(C)C)ccc4n(-c4cc(C)ccn4)c3c2)cc(-n2nc(C)c(-c3ccccc3)c2C)c1. The highest BCUT2D eigenvalue weighted by molar-refractivity contribution is 6.09. The van der Waals surface area contributed by atoms with Gasteiger partial charge >= 0.3 is 0 Å². The van der Waals surface area contributed by atoms with E-state index >= 15 is 0 Å². The first-order valence-electron chi connectivity index (χ1n) is 18.2. The average molecular weight is 661 g/mol. The molecule has 50 heavy (non-hydrogen) atoms. The summed E-state index contributed by atoms with van der Waals surface area (Å²) in [4.78, 5) is 4.82. The number of pyridine rings is 1. The number of aromatic nitrogens is 4. The first kappa shape index (κ1) is 33.3. The van der Waals surface area contributed by atoms with Crippen molar-refractivity contribution in [3.05, 3.63) is 131 Å². The Bertz CT molecular complexity index is 2270. The minimum absolute atomic E-state index is 0.668. The maximum absolute atomic E-state index is 6.78. The van der Waals surface area contributed by atoms with Crippen molar-refractivity contribution < 1.29 is 4.74 Å². The van der Waals surface area contributed by atoms with Crippen LogP contribution in [0.2, 0.25) is 0 Å². The van der Waals surface area contributed by atoms with Crippen LogP contribution in [-0.4, -0.2) is 19.3 Å². The van der Waals surface area contributed by atoms with Crippen LogP contribution in [0.4, 0.5) is 0 Å². The summed E-state index contributed by atoms with van der Waals surface area (Å²) in [5.74, 6) is 3.19. The van der Waals surface area contributed by atoms with Gasteiger partial charge in [0.1, 0.15) is 17.3 Å². The van der Waals surface area contributed by atoms with E-state index in [1.165, 1.54) is 57.9 Å². The second kappa shape index (κ2) is 14.4. The van der Waals surface area contributed by atoms with Gasteiger partial charge in [-0.2, -0.15) is 5.10 Å². The van der Waals surface area contributed by atoms with E-state index in [-0.39, 0.29) is 0 Å². The van der Waals surface area contributed by atoms with Gasteiger partial charge in [-0.05, 0) is 123 Å². The molecule has 3 aromatic heterocycles. The number of aryl methyl sites for hydroxylation is 4. The van der Waals surface area contributed by atoms with Crippen LogP contribution in [0.1, 0.15) is 74.5 Å². The molecule has 0 aliphatic rings. The standard InChI is InChI=1S/C45H48N4O/c1-7-8-10-13-35-25-37(49-33(6)45(32(5)47-49)36-14-11-9-12-15-36)28-39(26-35)50-38-19-20-40-41-27-34(17-16-30(2)3)18-21-42(41)48(43(40)29-38)44-24-31(4)22-23-46-44/h9,11-12,14-15,18-30H,7-8,10,13,16-17H2,1-6H3. The molecule has 0 atom stereocenters. The van der Waals surface area contributed by atoms with E-state index in [9.17, 15) is 0 Å². The van der Waals surface area contributed by atoms with E-state index in [0.717, 1.165) is 64.7 Å². The first-order chi connectivity index (χ1) is 24.3. The highest BCUT2D eigenvalue weighted by Crippen LogP contribution is 2.37. The van der Waals surface area contributed by atoms with Crippen molar-refractivity contribution in [2.75, 3.05) is 0 Å². The van der Waals surface area contributed by atoms with E-state index in [0.29, 0.717) is 5.92 Å². The summed E-state index contributed by atoms with van der Waals surface area (Å²) in [5, 5.41) is 7.49. The second-order valence-electron chi connectivity index (χ2n) is 14.2. The zero-order valence-corrected chi connectivity index (χ0v) is 30.3. The van der Waals surface area contributed by atoms with Gasteiger partial charge in [0.25, 0.3) is 0 Å². The van der Waals surface area contributed by atoms with Crippen LogP contribution >= 0.6 is 0 Å². The molecular formula is C45H48N4O. The molecule has 3 heterocycles. The van der Waals surface area contributed by atoms with Crippen LogP contribution in [0.5, 0.6) is 11.5 Å². The molecule has 0 aliphatic carbocycles. The summed E-state index contributed by atoms with van der Waals surface area (Å²) in [6.45, 7) is 13.2. The Morgan fingerprint density at radius 3 is 2.34 bits per heavy atom. The summed E-state index contributed by atoms with van der Waals surface area (Å²) in [6, 6.07) is 34.8.